The molecule has 5 heteroatoms. The highest BCUT2D eigenvalue weighted by Crippen LogP contribution is 2.35. The maximum atomic E-state index is 5.40. The Morgan fingerprint density at radius 3 is 2.76 bits per heavy atom. The first-order valence-electron chi connectivity index (χ1n) is 7.54. The summed E-state index contributed by atoms with van der Waals surface area (Å²) in [5, 5.41) is 4.49. The summed E-state index contributed by atoms with van der Waals surface area (Å²) in [7, 11) is 0. The number of amidine groups is 1. The molecule has 2 heterocycles. The van der Waals surface area contributed by atoms with E-state index in [4.69, 9.17) is 14.5 Å². The molecular weight excluding hydrogens is 284 g/mol. The Kier molecular flexibility index (Phi) is 4.29. The maximum Gasteiger partial charge on any atom is 0.231 e. The Morgan fingerprint density at radius 1 is 1.24 bits per heavy atom. The first-order chi connectivity index (χ1) is 10.2. The number of benzene rings is 1. The van der Waals surface area contributed by atoms with Gasteiger partial charge in [-0.25, -0.2) is 0 Å². The third-order valence-corrected chi connectivity index (χ3v) is 5.76. The molecule has 0 bridgehead atoms. The quantitative estimate of drug-likeness (QED) is 0.925. The molecule has 2 aliphatic heterocycles. The highest BCUT2D eigenvalue weighted by atomic mass is 32.2. The van der Waals surface area contributed by atoms with Crippen LogP contribution in [0.1, 0.15) is 32.3 Å². The van der Waals surface area contributed by atoms with Gasteiger partial charge in [-0.1, -0.05) is 31.7 Å². The molecule has 0 amide bonds. The summed E-state index contributed by atoms with van der Waals surface area (Å²) >= 11 is 1.85. The van der Waals surface area contributed by atoms with Crippen molar-refractivity contribution in [2.24, 2.45) is 10.4 Å². The van der Waals surface area contributed by atoms with Gasteiger partial charge in [0.05, 0.1) is 0 Å². The summed E-state index contributed by atoms with van der Waals surface area (Å²) in [6, 6.07) is 6.07. The van der Waals surface area contributed by atoms with Crippen LogP contribution in [0.3, 0.4) is 0 Å². The van der Waals surface area contributed by atoms with Crippen molar-refractivity contribution in [2.75, 3.05) is 19.1 Å². The van der Waals surface area contributed by atoms with Crippen LogP contribution in [-0.2, 0) is 6.54 Å². The monoisotopic (exact) mass is 306 g/mol. The van der Waals surface area contributed by atoms with Gasteiger partial charge in [0, 0.05) is 18.8 Å². The Labute approximate surface area is 130 Å². The molecule has 3 rings (SSSR count). The lowest BCUT2D eigenvalue weighted by atomic mass is 9.84. The molecule has 0 saturated carbocycles. The van der Waals surface area contributed by atoms with Crippen molar-refractivity contribution in [2.45, 2.75) is 33.2 Å². The van der Waals surface area contributed by atoms with Crippen LogP contribution >= 0.6 is 11.8 Å². The molecule has 0 aliphatic carbocycles. The van der Waals surface area contributed by atoms with Gasteiger partial charge in [-0.3, -0.25) is 4.99 Å². The van der Waals surface area contributed by atoms with Crippen molar-refractivity contribution in [3.05, 3.63) is 23.8 Å². The van der Waals surface area contributed by atoms with E-state index >= 15 is 0 Å². The van der Waals surface area contributed by atoms with E-state index in [9.17, 15) is 0 Å². The van der Waals surface area contributed by atoms with Gasteiger partial charge in [0.2, 0.25) is 6.79 Å². The van der Waals surface area contributed by atoms with Crippen LogP contribution in [0.5, 0.6) is 11.5 Å². The summed E-state index contributed by atoms with van der Waals surface area (Å²) in [5.41, 5.74) is 1.58. The van der Waals surface area contributed by atoms with Gasteiger partial charge in [-0.2, -0.15) is 0 Å². The topological polar surface area (TPSA) is 42.9 Å². The standard InChI is InChI=1S/C16H22N2O2S/c1-3-16(4-2)9-18-15(21-10-16)17-8-12-5-6-13-14(7-12)20-11-19-13/h5-7H,3-4,8-11H2,1-2H3,(H,17,18). The Bertz CT molecular complexity index is 541. The normalized spacial score (nSPS) is 19.2. The first-order valence-corrected chi connectivity index (χ1v) is 8.53. The average Bonchev–Trinajstić information content (AvgIpc) is 3.01. The molecule has 114 valence electrons. The van der Waals surface area contributed by atoms with Crippen LogP contribution in [0.2, 0.25) is 0 Å². The van der Waals surface area contributed by atoms with Crippen LogP contribution in [0.25, 0.3) is 0 Å². The van der Waals surface area contributed by atoms with E-state index < -0.39 is 0 Å². The van der Waals surface area contributed by atoms with E-state index in [1.165, 1.54) is 18.4 Å². The molecular formula is C16H22N2O2S. The summed E-state index contributed by atoms with van der Waals surface area (Å²) in [4.78, 5) is 4.72. The van der Waals surface area contributed by atoms with Crippen molar-refractivity contribution in [3.63, 3.8) is 0 Å². The zero-order chi connectivity index (χ0) is 14.7. The number of rotatable bonds is 4. The molecule has 0 aromatic heterocycles. The van der Waals surface area contributed by atoms with Gasteiger partial charge in [0.15, 0.2) is 16.7 Å². The van der Waals surface area contributed by atoms with Gasteiger partial charge < -0.3 is 14.8 Å². The predicted octanol–water partition coefficient (Wildman–Crippen LogP) is 3.41. The minimum absolute atomic E-state index is 0.324. The van der Waals surface area contributed by atoms with Crippen molar-refractivity contribution in [3.8, 4) is 11.5 Å². The van der Waals surface area contributed by atoms with E-state index in [1.54, 1.807) is 0 Å². The van der Waals surface area contributed by atoms with E-state index in [0.29, 0.717) is 12.2 Å². The van der Waals surface area contributed by atoms with Gasteiger partial charge in [-0.15, -0.1) is 0 Å². The average molecular weight is 306 g/mol. The minimum Gasteiger partial charge on any atom is -0.454 e. The summed E-state index contributed by atoms with van der Waals surface area (Å²) < 4.78 is 10.7. The second-order valence-corrected chi connectivity index (χ2v) is 6.62. The Hall–Kier alpha value is -1.36. The first kappa shape index (κ1) is 14.6. The second-order valence-electron chi connectivity index (χ2n) is 5.66. The molecule has 0 fully saturated rings. The summed E-state index contributed by atoms with van der Waals surface area (Å²) in [5.74, 6) is 2.83. The van der Waals surface area contributed by atoms with Crippen molar-refractivity contribution in [1.82, 2.24) is 5.32 Å². The summed E-state index contributed by atoms with van der Waals surface area (Å²) in [6.45, 7) is 6.57. The second kappa shape index (κ2) is 6.18. The molecule has 0 saturated heterocycles. The van der Waals surface area contributed by atoms with Gasteiger partial charge in [0.25, 0.3) is 0 Å². The Balaban J connectivity index is 1.57. The predicted molar refractivity (Wildman–Crippen MR) is 87.2 cm³/mol. The fourth-order valence-electron chi connectivity index (χ4n) is 2.57. The van der Waals surface area contributed by atoms with E-state index in [1.807, 2.05) is 23.9 Å². The van der Waals surface area contributed by atoms with Gasteiger partial charge in [-0.05, 0) is 36.0 Å². The van der Waals surface area contributed by atoms with Crippen molar-refractivity contribution >= 4 is 16.9 Å². The van der Waals surface area contributed by atoms with Crippen LogP contribution in [0.4, 0.5) is 0 Å². The van der Waals surface area contributed by atoms with E-state index in [-0.39, 0.29) is 0 Å². The van der Waals surface area contributed by atoms with Gasteiger partial charge in [0.1, 0.15) is 0 Å². The van der Waals surface area contributed by atoms with E-state index in [0.717, 1.165) is 35.5 Å². The van der Waals surface area contributed by atoms with Crippen LogP contribution in [0.15, 0.2) is 23.2 Å². The maximum absolute atomic E-state index is 5.40. The third kappa shape index (κ3) is 3.12. The van der Waals surface area contributed by atoms with Crippen molar-refractivity contribution < 1.29 is 9.47 Å². The molecule has 2 aliphatic rings. The molecule has 0 radical (unpaired) electrons. The SMILES string of the molecule is CCC1(CC)CN=C(NCc2ccc3c(c2)OCO3)SC1. The number of aliphatic imine (C=N–C) groups is 1. The lowest BCUT2D eigenvalue weighted by Crippen LogP contribution is -2.34. The molecule has 1 aromatic carbocycles. The number of hydrogen-bond acceptors (Lipinski definition) is 5. The number of thioether (sulfide) groups is 1. The highest BCUT2D eigenvalue weighted by Gasteiger charge is 2.30. The smallest absolute Gasteiger partial charge is 0.231 e. The third-order valence-electron chi connectivity index (χ3n) is 4.45. The lowest BCUT2D eigenvalue weighted by molar-refractivity contribution is 0.174. The molecule has 4 nitrogen and oxygen atoms in total. The van der Waals surface area contributed by atoms with Crippen molar-refractivity contribution in [1.29, 1.82) is 0 Å². The molecule has 0 atom stereocenters. The minimum atomic E-state index is 0.324. The van der Waals surface area contributed by atoms with Gasteiger partial charge >= 0.3 is 0 Å². The number of nitrogens with one attached hydrogen (secondary N) is 1. The zero-order valence-corrected chi connectivity index (χ0v) is 13.5. The largest absolute Gasteiger partial charge is 0.454 e. The molecule has 0 unspecified atom stereocenters. The zero-order valence-electron chi connectivity index (χ0n) is 12.6. The molecule has 1 N–H and O–H groups in total. The molecule has 1 aromatic rings. The van der Waals surface area contributed by atoms with Crippen LogP contribution in [0, 0.1) is 5.41 Å². The number of nitrogens with zero attached hydrogens (tertiary/aromatic N) is 1. The van der Waals surface area contributed by atoms with Crippen LogP contribution < -0.4 is 14.8 Å². The number of hydrogen-bond donors (Lipinski definition) is 1. The number of ether oxygens (including phenoxy) is 2. The molecule has 21 heavy (non-hydrogen) atoms. The highest BCUT2D eigenvalue weighted by molar-refractivity contribution is 8.13. The lowest BCUT2D eigenvalue weighted by Gasteiger charge is -2.33. The van der Waals surface area contributed by atoms with E-state index in [2.05, 4.69) is 25.2 Å². The van der Waals surface area contributed by atoms with Crippen LogP contribution in [-0.4, -0.2) is 24.3 Å². The summed E-state index contributed by atoms with van der Waals surface area (Å²) in [6.07, 6.45) is 2.41. The number of fused-ring (bicyclic) bond motifs is 1. The fraction of sp³-hybridized carbons (Fsp3) is 0.562. The fourth-order valence-corrected chi connectivity index (χ4v) is 3.84. The Morgan fingerprint density at radius 2 is 2.05 bits per heavy atom. The molecule has 0 spiro atoms.